The Hall–Kier alpha value is -1.87. The summed E-state index contributed by atoms with van der Waals surface area (Å²) >= 11 is 5.47. The van der Waals surface area contributed by atoms with Crippen molar-refractivity contribution in [2.45, 2.75) is 39.7 Å². The summed E-state index contributed by atoms with van der Waals surface area (Å²) in [5, 5.41) is 3.62. The Morgan fingerprint density at radius 3 is 2.56 bits per heavy atom. The van der Waals surface area contributed by atoms with Gasteiger partial charge in [0.1, 0.15) is 5.82 Å². The third-order valence-electron chi connectivity index (χ3n) is 3.81. The number of H-pyrrole nitrogens is 1. The highest BCUT2D eigenvalue weighted by Crippen LogP contribution is 2.17. The standard InChI is InChI=1S/C16H30N6O2S/c1-5-7-10-22-13(17)12(14(23)19-15(22)24)21(9-6-2)16(25)18-8-11-20(3)4/h5-11,17H2,1-4H3,(H,18,25)(H,19,23,24)/p+1. The first-order chi connectivity index (χ1) is 11.8. The fraction of sp³-hybridized carbons (Fsp3) is 0.688. The van der Waals surface area contributed by atoms with Crippen molar-refractivity contribution in [2.75, 3.05) is 44.4 Å². The minimum atomic E-state index is -0.508. The first kappa shape index (κ1) is 21.2. The van der Waals surface area contributed by atoms with E-state index in [1.54, 1.807) is 4.90 Å². The number of nitrogens with one attached hydrogen (secondary N) is 3. The van der Waals surface area contributed by atoms with Gasteiger partial charge in [-0.25, -0.2) is 4.79 Å². The molecule has 1 rings (SSSR count). The monoisotopic (exact) mass is 371 g/mol. The highest BCUT2D eigenvalue weighted by Gasteiger charge is 2.21. The number of hydrogen-bond donors (Lipinski definition) is 4. The van der Waals surface area contributed by atoms with Gasteiger partial charge >= 0.3 is 5.69 Å². The largest absolute Gasteiger partial charge is 0.383 e. The lowest BCUT2D eigenvalue weighted by Crippen LogP contribution is -3.06. The van der Waals surface area contributed by atoms with Crippen LogP contribution in [0.25, 0.3) is 0 Å². The Morgan fingerprint density at radius 2 is 2.00 bits per heavy atom. The number of thiocarbonyl (C=S) groups is 1. The molecule has 1 aromatic heterocycles. The molecule has 0 aliphatic rings. The summed E-state index contributed by atoms with van der Waals surface area (Å²) in [7, 11) is 4.11. The van der Waals surface area contributed by atoms with E-state index in [9.17, 15) is 9.59 Å². The van der Waals surface area contributed by atoms with Crippen LogP contribution < -0.4 is 32.1 Å². The van der Waals surface area contributed by atoms with Crippen molar-refractivity contribution in [1.82, 2.24) is 14.9 Å². The van der Waals surface area contributed by atoms with Gasteiger partial charge in [0.05, 0.1) is 27.2 Å². The molecule has 1 heterocycles. The smallest absolute Gasteiger partial charge is 0.330 e. The second-order valence-corrected chi connectivity index (χ2v) is 6.73. The number of unbranched alkanes of at least 4 members (excludes halogenated alkanes) is 1. The third-order valence-corrected chi connectivity index (χ3v) is 4.18. The fourth-order valence-electron chi connectivity index (χ4n) is 2.43. The second-order valence-electron chi connectivity index (χ2n) is 6.34. The molecule has 142 valence electrons. The van der Waals surface area contributed by atoms with E-state index in [2.05, 4.69) is 24.4 Å². The quantitative estimate of drug-likeness (QED) is 0.422. The maximum Gasteiger partial charge on any atom is 0.330 e. The number of aromatic nitrogens is 2. The van der Waals surface area contributed by atoms with E-state index in [0.717, 1.165) is 25.8 Å². The Kier molecular flexibility index (Phi) is 8.64. The molecule has 5 N–H and O–H groups in total. The van der Waals surface area contributed by atoms with Crippen LogP contribution in [-0.4, -0.2) is 48.4 Å². The van der Waals surface area contributed by atoms with E-state index < -0.39 is 11.2 Å². The minimum Gasteiger partial charge on any atom is -0.383 e. The van der Waals surface area contributed by atoms with Gasteiger partial charge in [-0.15, -0.1) is 0 Å². The molecular weight excluding hydrogens is 340 g/mol. The summed E-state index contributed by atoms with van der Waals surface area (Å²) in [6.07, 6.45) is 2.51. The van der Waals surface area contributed by atoms with Crippen LogP contribution in [0.5, 0.6) is 0 Å². The summed E-state index contributed by atoms with van der Waals surface area (Å²) in [6, 6.07) is 0. The fourth-order valence-corrected chi connectivity index (χ4v) is 2.71. The maximum atomic E-state index is 12.4. The van der Waals surface area contributed by atoms with Gasteiger partial charge in [-0.3, -0.25) is 14.3 Å². The Bertz CT molecular complexity index is 682. The molecule has 0 unspecified atom stereocenters. The molecule has 8 nitrogen and oxygen atoms in total. The van der Waals surface area contributed by atoms with Crippen molar-refractivity contribution in [3.8, 4) is 0 Å². The predicted molar refractivity (Wildman–Crippen MR) is 107 cm³/mol. The summed E-state index contributed by atoms with van der Waals surface area (Å²) in [6.45, 7) is 6.62. The van der Waals surface area contributed by atoms with Crippen LogP contribution in [0.2, 0.25) is 0 Å². The van der Waals surface area contributed by atoms with Crippen molar-refractivity contribution in [3.63, 3.8) is 0 Å². The molecule has 1 aromatic rings. The number of quaternary nitrogens is 1. The van der Waals surface area contributed by atoms with Gasteiger partial charge in [0.25, 0.3) is 5.56 Å². The van der Waals surface area contributed by atoms with Crippen LogP contribution in [0.15, 0.2) is 9.59 Å². The van der Waals surface area contributed by atoms with Crippen LogP contribution in [0.1, 0.15) is 33.1 Å². The number of hydrogen-bond acceptors (Lipinski definition) is 4. The van der Waals surface area contributed by atoms with Crippen LogP contribution in [0.3, 0.4) is 0 Å². The Balaban J connectivity index is 3.19. The van der Waals surface area contributed by atoms with Crippen molar-refractivity contribution in [2.24, 2.45) is 0 Å². The molecule has 0 spiro atoms. The maximum absolute atomic E-state index is 12.4. The number of nitrogen functional groups attached to an aromatic ring is 1. The molecule has 0 saturated carbocycles. The van der Waals surface area contributed by atoms with Crippen molar-refractivity contribution < 1.29 is 4.90 Å². The van der Waals surface area contributed by atoms with Crippen LogP contribution in [0.4, 0.5) is 11.5 Å². The van der Waals surface area contributed by atoms with E-state index >= 15 is 0 Å². The predicted octanol–water partition coefficient (Wildman–Crippen LogP) is -0.846. The molecule has 0 aliphatic heterocycles. The molecule has 0 amide bonds. The van der Waals surface area contributed by atoms with E-state index in [1.807, 2.05) is 13.8 Å². The number of aromatic amines is 1. The Morgan fingerprint density at radius 1 is 1.32 bits per heavy atom. The van der Waals surface area contributed by atoms with Gasteiger partial charge < -0.3 is 20.9 Å². The number of nitrogens with zero attached hydrogens (tertiary/aromatic N) is 2. The lowest BCUT2D eigenvalue weighted by atomic mass is 10.3. The highest BCUT2D eigenvalue weighted by atomic mass is 32.1. The average Bonchev–Trinajstić information content (AvgIpc) is 2.53. The molecule has 0 atom stereocenters. The average molecular weight is 372 g/mol. The van der Waals surface area contributed by atoms with E-state index in [1.165, 1.54) is 9.47 Å². The summed E-state index contributed by atoms with van der Waals surface area (Å²) in [5.41, 5.74) is 5.44. The topological polar surface area (TPSA) is 101 Å². The summed E-state index contributed by atoms with van der Waals surface area (Å²) in [5.74, 6) is 0.165. The van der Waals surface area contributed by atoms with Gasteiger partial charge in [-0.1, -0.05) is 20.3 Å². The minimum absolute atomic E-state index is 0.165. The van der Waals surface area contributed by atoms with Crippen molar-refractivity contribution in [3.05, 3.63) is 20.8 Å². The SMILES string of the molecule is CCCCn1c(N)c(N(CCC)C(=S)NCC[NH+](C)C)c(=O)[nH]c1=O. The van der Waals surface area contributed by atoms with E-state index in [-0.39, 0.29) is 11.5 Å². The third kappa shape index (κ3) is 5.86. The van der Waals surface area contributed by atoms with Gasteiger partial charge in [0, 0.05) is 13.1 Å². The number of likely N-dealkylation sites (N-methyl/N-ethyl adjacent to an activating group) is 1. The van der Waals surface area contributed by atoms with Crippen molar-refractivity contribution in [1.29, 1.82) is 0 Å². The first-order valence-electron chi connectivity index (χ1n) is 8.80. The zero-order valence-corrected chi connectivity index (χ0v) is 16.5. The lowest BCUT2D eigenvalue weighted by Gasteiger charge is -2.26. The molecule has 0 bridgehead atoms. The lowest BCUT2D eigenvalue weighted by molar-refractivity contribution is -0.856. The Labute approximate surface area is 154 Å². The van der Waals surface area contributed by atoms with Crippen LogP contribution in [0, 0.1) is 0 Å². The van der Waals surface area contributed by atoms with E-state index in [4.69, 9.17) is 18.0 Å². The number of anilines is 2. The molecule has 0 radical (unpaired) electrons. The highest BCUT2D eigenvalue weighted by molar-refractivity contribution is 7.80. The van der Waals surface area contributed by atoms with Crippen molar-refractivity contribution >= 4 is 28.8 Å². The summed E-state index contributed by atoms with van der Waals surface area (Å²) < 4.78 is 1.41. The second kappa shape index (κ2) is 10.2. The zero-order chi connectivity index (χ0) is 19.0. The van der Waals surface area contributed by atoms with Gasteiger partial charge in [-0.05, 0) is 25.1 Å². The van der Waals surface area contributed by atoms with Gasteiger partial charge in [0.2, 0.25) is 0 Å². The molecular formula is C16H31N6O2S+. The number of rotatable bonds is 9. The van der Waals surface area contributed by atoms with Gasteiger partial charge in [0.15, 0.2) is 10.8 Å². The zero-order valence-electron chi connectivity index (χ0n) is 15.6. The first-order valence-corrected chi connectivity index (χ1v) is 9.21. The van der Waals surface area contributed by atoms with Crippen LogP contribution in [-0.2, 0) is 6.54 Å². The molecule has 0 fully saturated rings. The van der Waals surface area contributed by atoms with Gasteiger partial charge in [-0.2, -0.15) is 0 Å². The molecule has 25 heavy (non-hydrogen) atoms. The van der Waals surface area contributed by atoms with E-state index in [0.29, 0.717) is 24.7 Å². The summed E-state index contributed by atoms with van der Waals surface area (Å²) in [4.78, 5) is 29.8. The number of nitrogens with two attached hydrogens (primary N) is 1. The van der Waals surface area contributed by atoms with Crippen LogP contribution >= 0.6 is 12.2 Å². The molecule has 0 aromatic carbocycles. The molecule has 9 heteroatoms. The normalized spacial score (nSPS) is 10.9. The molecule has 0 aliphatic carbocycles. The molecule has 0 saturated heterocycles.